The zero-order chi connectivity index (χ0) is 16.1. The topological polar surface area (TPSA) is 27.3 Å². The normalized spacial score (nSPS) is 14.6. The van der Waals surface area contributed by atoms with E-state index in [9.17, 15) is 0 Å². The lowest BCUT2D eigenvalue weighted by atomic mass is 10.1. The molecule has 0 amide bonds. The van der Waals surface area contributed by atoms with Gasteiger partial charge in [0, 0.05) is 23.0 Å². The summed E-state index contributed by atoms with van der Waals surface area (Å²) < 4.78 is 0. The number of rotatable bonds is 4. The summed E-state index contributed by atoms with van der Waals surface area (Å²) in [5.41, 5.74) is 2.15. The van der Waals surface area contributed by atoms with Crippen molar-refractivity contribution in [3.63, 3.8) is 0 Å². The van der Waals surface area contributed by atoms with Crippen LogP contribution in [0.25, 0.3) is 0 Å². The van der Waals surface area contributed by atoms with E-state index in [0.717, 1.165) is 25.3 Å². The third kappa shape index (κ3) is 4.59. The minimum Gasteiger partial charge on any atom is -0.370 e. The van der Waals surface area contributed by atoms with E-state index >= 15 is 0 Å². The van der Waals surface area contributed by atoms with Crippen LogP contribution in [0, 0.1) is 0 Å². The van der Waals surface area contributed by atoms with E-state index in [1.165, 1.54) is 29.8 Å². The van der Waals surface area contributed by atoms with Gasteiger partial charge in [-0.1, -0.05) is 17.7 Å². The molecule has 1 aliphatic heterocycles. The minimum absolute atomic E-state index is 0.624. The molecule has 0 radical (unpaired) electrons. The van der Waals surface area contributed by atoms with Gasteiger partial charge in [-0.2, -0.15) is 0 Å². The molecule has 0 aliphatic carbocycles. The van der Waals surface area contributed by atoms with Gasteiger partial charge in [-0.05, 0) is 61.1 Å². The van der Waals surface area contributed by atoms with E-state index in [2.05, 4.69) is 33.0 Å². The number of piperidine rings is 1. The summed E-state index contributed by atoms with van der Waals surface area (Å²) in [5.74, 6) is 0. The second-order valence-electron chi connectivity index (χ2n) is 5.60. The molecule has 2 heterocycles. The summed E-state index contributed by atoms with van der Waals surface area (Å²) in [7, 11) is 0. The molecular formula is C17H20ClN3S2. The summed E-state index contributed by atoms with van der Waals surface area (Å²) >= 11 is 13.3. The standard InChI is InChI=1S/C17H20ClN3S2/c18-13-6-7-16(21-8-2-1-3-9-21)15(11-13)20-17(22)19-12-14-5-4-10-23-14/h4-7,10-11H,1-3,8-9,12H2,(H2,19,20,22). The SMILES string of the molecule is S=C(NCc1cccs1)Nc1cc(Cl)ccc1N1CCCCC1. The molecule has 1 aliphatic rings. The highest BCUT2D eigenvalue weighted by Gasteiger charge is 2.15. The monoisotopic (exact) mass is 365 g/mol. The number of thiocarbonyl (C=S) groups is 1. The van der Waals surface area contributed by atoms with Crippen molar-refractivity contribution in [2.75, 3.05) is 23.3 Å². The summed E-state index contributed by atoms with van der Waals surface area (Å²) in [6.45, 7) is 2.92. The first-order valence-electron chi connectivity index (χ1n) is 7.84. The van der Waals surface area contributed by atoms with Gasteiger partial charge in [0.05, 0.1) is 17.9 Å². The molecule has 1 aromatic heterocycles. The molecule has 3 nitrogen and oxygen atoms in total. The van der Waals surface area contributed by atoms with Crippen LogP contribution in [0.1, 0.15) is 24.1 Å². The predicted octanol–water partition coefficient (Wildman–Crippen LogP) is 4.88. The van der Waals surface area contributed by atoms with Gasteiger partial charge in [0.1, 0.15) is 0 Å². The van der Waals surface area contributed by atoms with Gasteiger partial charge in [0.2, 0.25) is 0 Å². The Hall–Kier alpha value is -1.30. The second kappa shape index (κ2) is 7.99. The maximum absolute atomic E-state index is 6.18. The van der Waals surface area contributed by atoms with Crippen molar-refractivity contribution in [3.8, 4) is 0 Å². The lowest BCUT2D eigenvalue weighted by molar-refractivity contribution is 0.578. The largest absolute Gasteiger partial charge is 0.370 e. The predicted molar refractivity (Wildman–Crippen MR) is 105 cm³/mol. The first-order chi connectivity index (χ1) is 11.2. The molecule has 1 fully saturated rings. The van der Waals surface area contributed by atoms with E-state index in [4.69, 9.17) is 23.8 Å². The van der Waals surface area contributed by atoms with Crippen LogP contribution >= 0.6 is 35.2 Å². The number of benzene rings is 1. The molecule has 0 saturated carbocycles. The zero-order valence-electron chi connectivity index (χ0n) is 12.8. The maximum atomic E-state index is 6.18. The highest BCUT2D eigenvalue weighted by Crippen LogP contribution is 2.31. The van der Waals surface area contributed by atoms with Crippen molar-refractivity contribution >= 4 is 51.6 Å². The van der Waals surface area contributed by atoms with E-state index in [-0.39, 0.29) is 0 Å². The fourth-order valence-electron chi connectivity index (χ4n) is 2.77. The molecule has 1 saturated heterocycles. The van der Waals surface area contributed by atoms with Crippen LogP contribution < -0.4 is 15.5 Å². The Kier molecular flexibility index (Phi) is 5.75. The van der Waals surface area contributed by atoms with E-state index in [0.29, 0.717) is 10.1 Å². The second-order valence-corrected chi connectivity index (χ2v) is 7.47. The van der Waals surface area contributed by atoms with Gasteiger partial charge in [0.25, 0.3) is 0 Å². The first-order valence-corrected chi connectivity index (χ1v) is 9.51. The quantitative estimate of drug-likeness (QED) is 0.755. The third-order valence-electron chi connectivity index (χ3n) is 3.91. The molecule has 23 heavy (non-hydrogen) atoms. The average Bonchev–Trinajstić information content (AvgIpc) is 3.07. The lowest BCUT2D eigenvalue weighted by Crippen LogP contribution is -2.32. The molecule has 6 heteroatoms. The third-order valence-corrected chi connectivity index (χ3v) is 5.26. The van der Waals surface area contributed by atoms with E-state index in [1.807, 2.05) is 18.2 Å². The highest BCUT2D eigenvalue weighted by atomic mass is 35.5. The minimum atomic E-state index is 0.624. The Labute approximate surface area is 151 Å². The fourth-order valence-corrected chi connectivity index (χ4v) is 3.76. The van der Waals surface area contributed by atoms with Crippen LogP contribution in [-0.2, 0) is 6.54 Å². The van der Waals surface area contributed by atoms with Crippen molar-refractivity contribution < 1.29 is 0 Å². The molecule has 0 unspecified atom stereocenters. The number of nitrogens with zero attached hydrogens (tertiary/aromatic N) is 1. The average molecular weight is 366 g/mol. The molecule has 0 bridgehead atoms. The van der Waals surface area contributed by atoms with Crippen molar-refractivity contribution in [1.82, 2.24) is 5.32 Å². The molecule has 2 aromatic rings. The summed E-state index contributed by atoms with van der Waals surface area (Å²) in [4.78, 5) is 3.67. The van der Waals surface area contributed by atoms with E-state index < -0.39 is 0 Å². The van der Waals surface area contributed by atoms with Crippen molar-refractivity contribution in [2.45, 2.75) is 25.8 Å². The Morgan fingerprint density at radius 3 is 2.78 bits per heavy atom. The summed E-state index contributed by atoms with van der Waals surface area (Å²) in [5, 5.41) is 9.97. The van der Waals surface area contributed by atoms with E-state index in [1.54, 1.807) is 11.3 Å². The molecule has 122 valence electrons. The number of hydrogen-bond acceptors (Lipinski definition) is 3. The number of hydrogen-bond donors (Lipinski definition) is 2. The maximum Gasteiger partial charge on any atom is 0.171 e. The molecule has 0 atom stereocenters. The van der Waals surface area contributed by atoms with Gasteiger partial charge in [-0.25, -0.2) is 0 Å². The zero-order valence-corrected chi connectivity index (χ0v) is 15.2. The number of anilines is 2. The fraction of sp³-hybridized carbons (Fsp3) is 0.353. The number of thiophene rings is 1. The van der Waals surface area contributed by atoms with Crippen LogP contribution in [0.4, 0.5) is 11.4 Å². The van der Waals surface area contributed by atoms with Crippen LogP contribution in [0.5, 0.6) is 0 Å². The van der Waals surface area contributed by atoms with Crippen LogP contribution in [0.2, 0.25) is 5.02 Å². The number of nitrogens with one attached hydrogen (secondary N) is 2. The Morgan fingerprint density at radius 2 is 2.04 bits per heavy atom. The summed E-state index contributed by atoms with van der Waals surface area (Å²) in [6, 6.07) is 10.1. The van der Waals surface area contributed by atoms with Gasteiger partial charge in [-0.15, -0.1) is 11.3 Å². The number of halogens is 1. The molecule has 3 rings (SSSR count). The van der Waals surface area contributed by atoms with Crippen molar-refractivity contribution in [3.05, 3.63) is 45.6 Å². The summed E-state index contributed by atoms with van der Waals surface area (Å²) in [6.07, 6.45) is 3.79. The first kappa shape index (κ1) is 16.6. The van der Waals surface area contributed by atoms with Crippen LogP contribution in [0.15, 0.2) is 35.7 Å². The van der Waals surface area contributed by atoms with Crippen LogP contribution in [0.3, 0.4) is 0 Å². The smallest absolute Gasteiger partial charge is 0.171 e. The van der Waals surface area contributed by atoms with Gasteiger partial charge >= 0.3 is 0 Å². The van der Waals surface area contributed by atoms with Crippen molar-refractivity contribution in [2.24, 2.45) is 0 Å². The molecule has 1 aromatic carbocycles. The molecular weight excluding hydrogens is 346 g/mol. The molecule has 0 spiro atoms. The van der Waals surface area contributed by atoms with Gasteiger partial charge in [0.15, 0.2) is 5.11 Å². The Balaban J connectivity index is 1.67. The van der Waals surface area contributed by atoms with Gasteiger partial charge < -0.3 is 15.5 Å². The van der Waals surface area contributed by atoms with Crippen molar-refractivity contribution in [1.29, 1.82) is 0 Å². The Bertz CT molecular complexity index is 652. The lowest BCUT2D eigenvalue weighted by Gasteiger charge is -2.31. The van der Waals surface area contributed by atoms with Gasteiger partial charge in [-0.3, -0.25) is 0 Å². The van der Waals surface area contributed by atoms with Crippen LogP contribution in [-0.4, -0.2) is 18.2 Å². The molecule has 2 N–H and O–H groups in total. The highest BCUT2D eigenvalue weighted by molar-refractivity contribution is 7.80. The Morgan fingerprint density at radius 1 is 1.22 bits per heavy atom.